The van der Waals surface area contributed by atoms with Crippen molar-refractivity contribution in [1.82, 2.24) is 4.98 Å². The van der Waals surface area contributed by atoms with Gasteiger partial charge in [-0.15, -0.1) is 11.3 Å². The molecule has 1 heterocycles. The molecule has 0 atom stereocenters. The number of ether oxygens (including phenoxy) is 2. The second kappa shape index (κ2) is 10.8. The van der Waals surface area contributed by atoms with E-state index in [4.69, 9.17) is 9.47 Å². The van der Waals surface area contributed by atoms with E-state index < -0.39 is 0 Å². The van der Waals surface area contributed by atoms with Crippen molar-refractivity contribution in [1.29, 1.82) is 0 Å². The van der Waals surface area contributed by atoms with Gasteiger partial charge >= 0.3 is 0 Å². The van der Waals surface area contributed by atoms with Gasteiger partial charge in [0.15, 0.2) is 22.4 Å². The van der Waals surface area contributed by atoms with Gasteiger partial charge < -0.3 is 14.8 Å². The van der Waals surface area contributed by atoms with Gasteiger partial charge in [0.25, 0.3) is 0 Å². The number of rotatable bonds is 11. The Labute approximate surface area is 170 Å². The largest absolute Gasteiger partial charge is 0.493 e. The Morgan fingerprint density at radius 1 is 1.21 bits per heavy atom. The number of hydrogen-bond donors (Lipinski definition) is 1. The number of thiazole rings is 1. The van der Waals surface area contributed by atoms with Crippen LogP contribution in [0.15, 0.2) is 18.2 Å². The van der Waals surface area contributed by atoms with Crippen LogP contribution in [0.25, 0.3) is 0 Å². The van der Waals surface area contributed by atoms with Crippen LogP contribution in [0.3, 0.4) is 0 Å². The first-order valence-electron chi connectivity index (χ1n) is 9.58. The Bertz CT molecular complexity index is 817. The highest BCUT2D eigenvalue weighted by Gasteiger charge is 2.12. The van der Waals surface area contributed by atoms with Crippen molar-refractivity contribution in [2.75, 3.05) is 19.0 Å². The van der Waals surface area contributed by atoms with Crippen LogP contribution < -0.4 is 14.8 Å². The molecule has 0 unspecified atom stereocenters. The van der Waals surface area contributed by atoms with Crippen LogP contribution in [0.5, 0.6) is 11.5 Å². The van der Waals surface area contributed by atoms with Gasteiger partial charge in [-0.2, -0.15) is 0 Å². The zero-order valence-corrected chi connectivity index (χ0v) is 17.8. The number of aryl methyl sites for hydroxylation is 2. The average Bonchev–Trinajstić information content (AvgIpc) is 3.06. The first-order chi connectivity index (χ1) is 13.5. The Morgan fingerprint density at radius 2 is 2.00 bits per heavy atom. The highest BCUT2D eigenvalue weighted by Crippen LogP contribution is 2.28. The summed E-state index contributed by atoms with van der Waals surface area (Å²) in [5.41, 5.74) is 1.66. The summed E-state index contributed by atoms with van der Waals surface area (Å²) in [5, 5.41) is 3.56. The standard InChI is InChI=1S/C21H28N2O4S/c1-5-8-16-19(6-2)28-21(22-16)23-20(25)9-7-12-27-17-11-10-15(14(3)24)13-18(17)26-4/h10-11,13H,5-9,12H2,1-4H3,(H,22,23,25). The number of carbonyl (C=O) groups excluding carboxylic acids is 2. The highest BCUT2D eigenvalue weighted by atomic mass is 32.1. The zero-order chi connectivity index (χ0) is 20.5. The van der Waals surface area contributed by atoms with Crippen LogP contribution in [0.4, 0.5) is 5.13 Å². The van der Waals surface area contributed by atoms with E-state index in [-0.39, 0.29) is 11.7 Å². The number of anilines is 1. The Kier molecular flexibility index (Phi) is 8.44. The summed E-state index contributed by atoms with van der Waals surface area (Å²) in [7, 11) is 1.53. The van der Waals surface area contributed by atoms with E-state index in [0.29, 0.717) is 41.6 Å². The van der Waals surface area contributed by atoms with Crippen LogP contribution >= 0.6 is 11.3 Å². The number of aromatic nitrogens is 1. The summed E-state index contributed by atoms with van der Waals surface area (Å²) < 4.78 is 11.0. The lowest BCUT2D eigenvalue weighted by molar-refractivity contribution is -0.116. The molecule has 1 aromatic carbocycles. The van der Waals surface area contributed by atoms with Crippen LogP contribution in [0.2, 0.25) is 0 Å². The summed E-state index contributed by atoms with van der Waals surface area (Å²) in [5.74, 6) is 0.971. The summed E-state index contributed by atoms with van der Waals surface area (Å²) in [6, 6.07) is 5.08. The Balaban J connectivity index is 1.82. The summed E-state index contributed by atoms with van der Waals surface area (Å²) >= 11 is 1.55. The molecule has 1 aromatic heterocycles. The molecule has 0 saturated heterocycles. The molecule has 0 saturated carbocycles. The predicted molar refractivity (Wildman–Crippen MR) is 112 cm³/mol. The third-order valence-corrected chi connectivity index (χ3v) is 5.37. The van der Waals surface area contributed by atoms with Crippen LogP contribution in [0.1, 0.15) is 61.0 Å². The molecule has 0 aliphatic rings. The van der Waals surface area contributed by atoms with Gasteiger partial charge in [-0.1, -0.05) is 20.3 Å². The number of benzene rings is 1. The van der Waals surface area contributed by atoms with E-state index in [2.05, 4.69) is 24.1 Å². The van der Waals surface area contributed by atoms with Crippen molar-refractivity contribution in [3.8, 4) is 11.5 Å². The van der Waals surface area contributed by atoms with E-state index >= 15 is 0 Å². The molecule has 0 aliphatic heterocycles. The van der Waals surface area contributed by atoms with Gasteiger partial charge in [0.2, 0.25) is 5.91 Å². The highest BCUT2D eigenvalue weighted by molar-refractivity contribution is 7.15. The van der Waals surface area contributed by atoms with Crippen LogP contribution in [-0.4, -0.2) is 30.4 Å². The number of methoxy groups -OCH3 is 1. The van der Waals surface area contributed by atoms with Crippen LogP contribution in [-0.2, 0) is 17.6 Å². The quantitative estimate of drug-likeness (QED) is 0.435. The SMILES string of the molecule is CCCc1nc(NC(=O)CCCOc2ccc(C(C)=O)cc2OC)sc1CC. The maximum Gasteiger partial charge on any atom is 0.226 e. The van der Waals surface area contributed by atoms with Gasteiger partial charge in [-0.25, -0.2) is 4.98 Å². The normalized spacial score (nSPS) is 10.6. The molecule has 152 valence electrons. The second-order valence-corrected chi connectivity index (χ2v) is 7.50. The smallest absolute Gasteiger partial charge is 0.226 e. The summed E-state index contributed by atoms with van der Waals surface area (Å²) in [6.07, 6.45) is 3.82. The van der Waals surface area contributed by atoms with E-state index in [1.54, 1.807) is 29.5 Å². The first kappa shape index (κ1) is 21.9. The first-order valence-corrected chi connectivity index (χ1v) is 10.4. The van der Waals surface area contributed by atoms with Gasteiger partial charge in [0.05, 0.1) is 19.4 Å². The van der Waals surface area contributed by atoms with Gasteiger partial charge in [0.1, 0.15) is 0 Å². The predicted octanol–water partition coefficient (Wildman–Crippen LogP) is 4.67. The fourth-order valence-electron chi connectivity index (χ4n) is 2.75. The molecule has 7 heteroatoms. The monoisotopic (exact) mass is 404 g/mol. The zero-order valence-electron chi connectivity index (χ0n) is 17.0. The maximum absolute atomic E-state index is 12.2. The third-order valence-electron chi connectivity index (χ3n) is 4.21. The molecule has 0 bridgehead atoms. The molecular formula is C21H28N2O4S. The molecule has 28 heavy (non-hydrogen) atoms. The minimum absolute atomic E-state index is 0.0305. The van der Waals surface area contributed by atoms with Gasteiger partial charge in [0, 0.05) is 16.9 Å². The molecule has 2 aromatic rings. The molecule has 1 amide bonds. The molecule has 1 N–H and O–H groups in total. The topological polar surface area (TPSA) is 77.5 Å². The number of nitrogens with zero attached hydrogens (tertiary/aromatic N) is 1. The van der Waals surface area contributed by atoms with Crippen molar-refractivity contribution >= 4 is 28.2 Å². The molecule has 6 nitrogen and oxygen atoms in total. The minimum Gasteiger partial charge on any atom is -0.493 e. The van der Waals surface area contributed by atoms with E-state index in [1.807, 2.05) is 0 Å². The minimum atomic E-state index is -0.0676. The molecule has 0 radical (unpaired) electrons. The molecule has 0 fully saturated rings. The van der Waals surface area contributed by atoms with Crippen molar-refractivity contribution in [2.45, 2.75) is 52.9 Å². The number of nitrogens with one attached hydrogen (secondary N) is 1. The second-order valence-electron chi connectivity index (χ2n) is 6.41. The third kappa shape index (κ3) is 6.05. The van der Waals surface area contributed by atoms with Crippen molar-refractivity contribution in [3.63, 3.8) is 0 Å². The average molecular weight is 405 g/mol. The summed E-state index contributed by atoms with van der Waals surface area (Å²) in [6.45, 7) is 6.11. The number of hydrogen-bond acceptors (Lipinski definition) is 6. The number of Topliss-reactive ketones (excluding diaryl/α,β-unsaturated/α-hetero) is 1. The van der Waals surface area contributed by atoms with Crippen molar-refractivity contribution in [2.24, 2.45) is 0 Å². The summed E-state index contributed by atoms with van der Waals surface area (Å²) in [4.78, 5) is 29.4. The fraction of sp³-hybridized carbons (Fsp3) is 0.476. The van der Waals surface area contributed by atoms with Crippen LogP contribution in [0, 0.1) is 0 Å². The molecule has 0 spiro atoms. The number of ketones is 1. The lowest BCUT2D eigenvalue weighted by Gasteiger charge is -2.11. The lowest BCUT2D eigenvalue weighted by Crippen LogP contribution is -2.12. The molecular weight excluding hydrogens is 376 g/mol. The van der Waals surface area contributed by atoms with E-state index in [1.165, 1.54) is 18.9 Å². The maximum atomic E-state index is 12.2. The van der Waals surface area contributed by atoms with Crippen molar-refractivity contribution < 1.29 is 19.1 Å². The number of amides is 1. The van der Waals surface area contributed by atoms with Crippen molar-refractivity contribution in [3.05, 3.63) is 34.3 Å². The lowest BCUT2D eigenvalue weighted by atomic mass is 10.1. The van der Waals surface area contributed by atoms with E-state index in [9.17, 15) is 9.59 Å². The molecule has 0 aliphatic carbocycles. The number of carbonyl (C=O) groups is 2. The van der Waals surface area contributed by atoms with Gasteiger partial charge in [-0.3, -0.25) is 9.59 Å². The fourth-order valence-corrected chi connectivity index (χ4v) is 3.71. The Hall–Kier alpha value is -2.41. The van der Waals surface area contributed by atoms with E-state index in [0.717, 1.165) is 25.0 Å². The molecule has 2 rings (SSSR count). The van der Waals surface area contributed by atoms with Gasteiger partial charge in [-0.05, 0) is 44.4 Å². The Morgan fingerprint density at radius 3 is 2.64 bits per heavy atom.